The third-order valence-electron chi connectivity index (χ3n) is 4.77. The van der Waals surface area contributed by atoms with E-state index in [-0.39, 0.29) is 17.4 Å². The molecule has 1 aliphatic rings. The van der Waals surface area contributed by atoms with Crippen molar-refractivity contribution >= 4 is 0 Å². The Bertz CT molecular complexity index is 440. The molecule has 2 rings (SSSR count). The van der Waals surface area contributed by atoms with Crippen molar-refractivity contribution in [3.63, 3.8) is 0 Å². The molecule has 19 heavy (non-hydrogen) atoms. The number of hydrogen-bond acceptors (Lipinski definition) is 2. The van der Waals surface area contributed by atoms with E-state index < -0.39 is 0 Å². The molecule has 0 aliphatic carbocycles. The van der Waals surface area contributed by atoms with E-state index in [0.29, 0.717) is 5.56 Å². The molecule has 1 aliphatic heterocycles. The first-order valence-electron chi connectivity index (χ1n) is 7.25. The van der Waals surface area contributed by atoms with E-state index in [9.17, 15) is 4.39 Å². The minimum Gasteiger partial charge on any atom is -0.322 e. The highest BCUT2D eigenvalue weighted by Crippen LogP contribution is 2.35. The fourth-order valence-electron chi connectivity index (χ4n) is 3.03. The van der Waals surface area contributed by atoms with E-state index >= 15 is 0 Å². The molecule has 2 atom stereocenters. The molecule has 1 aromatic carbocycles. The summed E-state index contributed by atoms with van der Waals surface area (Å²) >= 11 is 0. The van der Waals surface area contributed by atoms with Crippen LogP contribution in [0.1, 0.15) is 50.3 Å². The summed E-state index contributed by atoms with van der Waals surface area (Å²) < 4.78 is 13.7. The van der Waals surface area contributed by atoms with Crippen LogP contribution in [0.2, 0.25) is 0 Å². The third-order valence-corrected chi connectivity index (χ3v) is 4.77. The Morgan fingerprint density at radius 3 is 2.53 bits per heavy atom. The van der Waals surface area contributed by atoms with Gasteiger partial charge in [-0.3, -0.25) is 4.90 Å². The lowest BCUT2D eigenvalue weighted by Gasteiger charge is -2.43. The number of halogens is 1. The van der Waals surface area contributed by atoms with Gasteiger partial charge in [0.2, 0.25) is 0 Å². The minimum atomic E-state index is -0.159. The zero-order chi connectivity index (χ0) is 14.0. The van der Waals surface area contributed by atoms with Crippen LogP contribution in [0, 0.1) is 12.7 Å². The molecule has 0 spiro atoms. The molecule has 0 bridgehead atoms. The summed E-state index contributed by atoms with van der Waals surface area (Å²) in [6, 6.07) is 5.24. The summed E-state index contributed by atoms with van der Waals surface area (Å²) in [5.41, 5.74) is 7.97. The summed E-state index contributed by atoms with van der Waals surface area (Å²) in [6.07, 6.45) is 3.46. The second-order valence-corrected chi connectivity index (χ2v) is 5.89. The molecule has 0 radical (unpaired) electrons. The first-order valence-corrected chi connectivity index (χ1v) is 7.25. The highest BCUT2D eigenvalue weighted by molar-refractivity contribution is 5.28. The maximum Gasteiger partial charge on any atom is 0.126 e. The van der Waals surface area contributed by atoms with Gasteiger partial charge in [0.25, 0.3) is 0 Å². The van der Waals surface area contributed by atoms with Crippen molar-refractivity contribution in [2.75, 3.05) is 13.1 Å². The van der Waals surface area contributed by atoms with Crippen molar-refractivity contribution in [3.05, 3.63) is 35.1 Å². The van der Waals surface area contributed by atoms with Gasteiger partial charge in [-0.25, -0.2) is 4.39 Å². The SMILES string of the molecule is CCC(C)(C(N)c1ccc(C)c(F)c1)N1CCCC1. The van der Waals surface area contributed by atoms with Gasteiger partial charge in [0.05, 0.1) is 0 Å². The average molecular weight is 264 g/mol. The Morgan fingerprint density at radius 1 is 1.37 bits per heavy atom. The number of rotatable bonds is 4. The van der Waals surface area contributed by atoms with Gasteiger partial charge >= 0.3 is 0 Å². The Morgan fingerprint density at radius 2 is 2.00 bits per heavy atom. The molecular formula is C16H25FN2. The fourth-order valence-corrected chi connectivity index (χ4v) is 3.03. The minimum absolute atomic E-state index is 0.0851. The predicted molar refractivity (Wildman–Crippen MR) is 77.6 cm³/mol. The molecule has 1 saturated heterocycles. The van der Waals surface area contributed by atoms with E-state index in [1.54, 1.807) is 13.0 Å². The van der Waals surface area contributed by atoms with E-state index in [1.807, 2.05) is 12.1 Å². The third kappa shape index (κ3) is 2.67. The molecule has 0 saturated carbocycles. The van der Waals surface area contributed by atoms with E-state index in [4.69, 9.17) is 5.73 Å². The van der Waals surface area contributed by atoms with Gasteiger partial charge < -0.3 is 5.73 Å². The Kier molecular flexibility index (Phi) is 4.26. The fraction of sp³-hybridized carbons (Fsp3) is 0.625. The smallest absolute Gasteiger partial charge is 0.126 e. The number of aryl methyl sites for hydroxylation is 1. The summed E-state index contributed by atoms with van der Waals surface area (Å²) in [5.74, 6) is -0.159. The van der Waals surface area contributed by atoms with Crippen LogP contribution >= 0.6 is 0 Å². The average Bonchev–Trinajstić information content (AvgIpc) is 2.94. The predicted octanol–water partition coefficient (Wildman–Crippen LogP) is 3.40. The van der Waals surface area contributed by atoms with Crippen molar-refractivity contribution in [2.24, 2.45) is 5.73 Å². The normalized spacial score (nSPS) is 21.3. The largest absolute Gasteiger partial charge is 0.322 e. The van der Waals surface area contributed by atoms with Gasteiger partial charge in [-0.2, -0.15) is 0 Å². The van der Waals surface area contributed by atoms with Gasteiger partial charge in [0.15, 0.2) is 0 Å². The number of benzene rings is 1. The number of likely N-dealkylation sites (tertiary alicyclic amines) is 1. The lowest BCUT2D eigenvalue weighted by atomic mass is 9.83. The first kappa shape index (κ1) is 14.5. The van der Waals surface area contributed by atoms with Gasteiger partial charge in [0.1, 0.15) is 5.82 Å². The Labute approximate surface area is 115 Å². The highest BCUT2D eigenvalue weighted by atomic mass is 19.1. The van der Waals surface area contributed by atoms with Crippen molar-refractivity contribution in [3.8, 4) is 0 Å². The van der Waals surface area contributed by atoms with E-state index in [2.05, 4.69) is 18.7 Å². The molecule has 2 nitrogen and oxygen atoms in total. The summed E-state index contributed by atoms with van der Waals surface area (Å²) in [7, 11) is 0. The van der Waals surface area contributed by atoms with Crippen LogP contribution in [-0.4, -0.2) is 23.5 Å². The maximum atomic E-state index is 13.7. The first-order chi connectivity index (χ1) is 8.99. The molecule has 106 valence electrons. The number of nitrogens with two attached hydrogens (primary N) is 1. The summed E-state index contributed by atoms with van der Waals surface area (Å²) in [6.45, 7) is 8.37. The Balaban J connectivity index is 2.28. The van der Waals surface area contributed by atoms with Crippen LogP contribution in [-0.2, 0) is 0 Å². The van der Waals surface area contributed by atoms with Gasteiger partial charge in [-0.15, -0.1) is 0 Å². The molecule has 1 fully saturated rings. The van der Waals surface area contributed by atoms with Gasteiger partial charge in [-0.05, 0) is 63.4 Å². The van der Waals surface area contributed by atoms with Crippen LogP contribution in [0.25, 0.3) is 0 Å². The maximum absolute atomic E-state index is 13.7. The molecule has 3 heteroatoms. The molecular weight excluding hydrogens is 239 g/mol. The second kappa shape index (κ2) is 5.59. The van der Waals surface area contributed by atoms with Gasteiger partial charge in [0, 0.05) is 11.6 Å². The molecule has 1 aromatic rings. The van der Waals surface area contributed by atoms with Crippen LogP contribution in [0.15, 0.2) is 18.2 Å². The molecule has 2 unspecified atom stereocenters. The van der Waals surface area contributed by atoms with Crippen molar-refractivity contribution in [1.29, 1.82) is 0 Å². The zero-order valence-electron chi connectivity index (χ0n) is 12.2. The van der Waals surface area contributed by atoms with Crippen molar-refractivity contribution in [2.45, 2.75) is 51.6 Å². The van der Waals surface area contributed by atoms with Crippen molar-refractivity contribution in [1.82, 2.24) is 4.90 Å². The van der Waals surface area contributed by atoms with Gasteiger partial charge in [-0.1, -0.05) is 19.1 Å². The monoisotopic (exact) mass is 264 g/mol. The summed E-state index contributed by atoms with van der Waals surface area (Å²) in [5, 5.41) is 0. The van der Waals surface area contributed by atoms with Crippen LogP contribution in [0.4, 0.5) is 4.39 Å². The van der Waals surface area contributed by atoms with E-state index in [1.165, 1.54) is 12.8 Å². The molecule has 0 amide bonds. The molecule has 0 aromatic heterocycles. The second-order valence-electron chi connectivity index (χ2n) is 5.89. The lowest BCUT2D eigenvalue weighted by molar-refractivity contribution is 0.0999. The molecule has 1 heterocycles. The summed E-state index contributed by atoms with van der Waals surface area (Å²) in [4.78, 5) is 2.47. The zero-order valence-corrected chi connectivity index (χ0v) is 12.2. The topological polar surface area (TPSA) is 29.3 Å². The van der Waals surface area contributed by atoms with Crippen molar-refractivity contribution < 1.29 is 4.39 Å². The van der Waals surface area contributed by atoms with E-state index in [0.717, 1.165) is 25.1 Å². The lowest BCUT2D eigenvalue weighted by Crippen LogP contribution is -2.51. The van der Waals surface area contributed by atoms with Crippen LogP contribution in [0.3, 0.4) is 0 Å². The standard InChI is InChI=1S/C16H25FN2/c1-4-16(3,19-9-5-6-10-19)15(18)13-8-7-12(2)14(17)11-13/h7-8,11,15H,4-6,9-10,18H2,1-3H3. The van der Waals surface area contributed by atoms with Crippen LogP contribution < -0.4 is 5.73 Å². The quantitative estimate of drug-likeness (QED) is 0.903. The Hall–Kier alpha value is -0.930. The van der Waals surface area contributed by atoms with Crippen LogP contribution in [0.5, 0.6) is 0 Å². The molecule has 2 N–H and O–H groups in total. The highest BCUT2D eigenvalue weighted by Gasteiger charge is 2.38. The number of nitrogens with zero attached hydrogens (tertiary/aromatic N) is 1. The number of hydrogen-bond donors (Lipinski definition) is 1.